The molecule has 4 nitrogen and oxygen atoms in total. The second-order valence-electron chi connectivity index (χ2n) is 3.92. The quantitative estimate of drug-likeness (QED) is 0.827. The standard InChI is InChI=1S/C14H12BrNO3S/c1-19-12-5-4-9(7-11(12)15)8-20-13-10(14(17)18)3-2-6-16-13/h2-7H,8H2,1H3,(H,17,18). The summed E-state index contributed by atoms with van der Waals surface area (Å²) in [5.74, 6) is 0.444. The van der Waals surface area contributed by atoms with Crippen LogP contribution in [0.4, 0.5) is 0 Å². The van der Waals surface area contributed by atoms with E-state index in [4.69, 9.17) is 9.84 Å². The molecular weight excluding hydrogens is 342 g/mol. The second kappa shape index (κ2) is 6.76. The van der Waals surface area contributed by atoms with E-state index >= 15 is 0 Å². The van der Waals surface area contributed by atoms with Crippen LogP contribution < -0.4 is 4.74 Å². The molecule has 0 fully saturated rings. The summed E-state index contributed by atoms with van der Waals surface area (Å²) in [5, 5.41) is 9.62. The summed E-state index contributed by atoms with van der Waals surface area (Å²) in [4.78, 5) is 15.2. The normalized spacial score (nSPS) is 10.3. The third-order valence-electron chi connectivity index (χ3n) is 2.59. The van der Waals surface area contributed by atoms with Crippen molar-refractivity contribution >= 4 is 33.7 Å². The van der Waals surface area contributed by atoms with Crippen molar-refractivity contribution in [2.24, 2.45) is 0 Å². The molecule has 6 heteroatoms. The maximum Gasteiger partial charge on any atom is 0.338 e. The molecule has 0 saturated carbocycles. The zero-order chi connectivity index (χ0) is 14.5. The Morgan fingerprint density at radius 3 is 2.90 bits per heavy atom. The zero-order valence-corrected chi connectivity index (χ0v) is 13.1. The van der Waals surface area contributed by atoms with E-state index in [1.165, 1.54) is 11.8 Å². The molecule has 2 aromatic rings. The van der Waals surface area contributed by atoms with Gasteiger partial charge in [0.05, 0.1) is 17.1 Å². The summed E-state index contributed by atoms with van der Waals surface area (Å²) >= 11 is 4.82. The third-order valence-corrected chi connectivity index (χ3v) is 4.29. The molecule has 2 rings (SSSR count). The topological polar surface area (TPSA) is 59.4 Å². The highest BCUT2D eigenvalue weighted by Gasteiger charge is 2.11. The van der Waals surface area contributed by atoms with Gasteiger partial charge in [-0.3, -0.25) is 0 Å². The smallest absolute Gasteiger partial charge is 0.338 e. The molecule has 0 aliphatic heterocycles. The molecule has 0 atom stereocenters. The molecular formula is C14H12BrNO3S. The molecule has 0 aliphatic carbocycles. The zero-order valence-electron chi connectivity index (χ0n) is 10.7. The summed E-state index contributed by atoms with van der Waals surface area (Å²) < 4.78 is 6.04. The number of hydrogen-bond acceptors (Lipinski definition) is 4. The monoisotopic (exact) mass is 353 g/mol. The van der Waals surface area contributed by atoms with Crippen LogP contribution in [0.3, 0.4) is 0 Å². The molecule has 0 radical (unpaired) electrons. The molecule has 0 unspecified atom stereocenters. The highest BCUT2D eigenvalue weighted by Crippen LogP contribution is 2.29. The number of carboxylic acids is 1. The van der Waals surface area contributed by atoms with Crippen molar-refractivity contribution in [2.75, 3.05) is 7.11 Å². The summed E-state index contributed by atoms with van der Waals surface area (Å²) in [7, 11) is 1.61. The maximum atomic E-state index is 11.1. The first-order valence-corrected chi connectivity index (χ1v) is 7.53. The minimum absolute atomic E-state index is 0.227. The number of carbonyl (C=O) groups is 1. The first-order valence-electron chi connectivity index (χ1n) is 5.75. The average molecular weight is 354 g/mol. The molecule has 20 heavy (non-hydrogen) atoms. The Hall–Kier alpha value is -1.53. The molecule has 0 amide bonds. The van der Waals surface area contributed by atoms with Crippen LogP contribution in [0.1, 0.15) is 15.9 Å². The predicted molar refractivity (Wildman–Crippen MR) is 81.5 cm³/mol. The Kier molecular flexibility index (Phi) is 5.03. The first-order chi connectivity index (χ1) is 9.61. The van der Waals surface area contributed by atoms with Gasteiger partial charge in [0.1, 0.15) is 10.8 Å². The number of hydrogen-bond donors (Lipinski definition) is 1. The Bertz CT molecular complexity index is 634. The number of carboxylic acid groups (broad SMARTS) is 1. The van der Waals surface area contributed by atoms with Crippen LogP contribution >= 0.6 is 27.7 Å². The van der Waals surface area contributed by atoms with E-state index in [2.05, 4.69) is 20.9 Å². The van der Waals surface area contributed by atoms with Crippen LogP contribution in [-0.4, -0.2) is 23.2 Å². The van der Waals surface area contributed by atoms with Gasteiger partial charge in [0, 0.05) is 11.9 Å². The molecule has 0 bridgehead atoms. The molecule has 0 spiro atoms. The van der Waals surface area contributed by atoms with E-state index in [0.717, 1.165) is 15.8 Å². The van der Waals surface area contributed by atoms with Crippen molar-refractivity contribution in [3.63, 3.8) is 0 Å². The minimum Gasteiger partial charge on any atom is -0.496 e. The minimum atomic E-state index is -0.962. The van der Waals surface area contributed by atoms with Crippen molar-refractivity contribution in [2.45, 2.75) is 10.8 Å². The molecule has 0 aliphatic rings. The fraction of sp³-hybridized carbons (Fsp3) is 0.143. The number of benzene rings is 1. The summed E-state index contributed by atoms with van der Waals surface area (Å²) in [5.41, 5.74) is 1.29. The van der Waals surface area contributed by atoms with E-state index in [9.17, 15) is 4.79 Å². The lowest BCUT2D eigenvalue weighted by Gasteiger charge is -2.07. The van der Waals surface area contributed by atoms with Gasteiger partial charge >= 0.3 is 5.97 Å². The van der Waals surface area contributed by atoms with Gasteiger partial charge in [-0.05, 0) is 45.8 Å². The molecule has 104 valence electrons. The number of aromatic carboxylic acids is 1. The number of methoxy groups -OCH3 is 1. The number of halogens is 1. The van der Waals surface area contributed by atoms with Crippen molar-refractivity contribution in [3.8, 4) is 5.75 Å². The molecule has 1 aromatic heterocycles. The van der Waals surface area contributed by atoms with Gasteiger partial charge in [-0.1, -0.05) is 6.07 Å². The molecule has 0 saturated heterocycles. The van der Waals surface area contributed by atoms with Crippen LogP contribution in [-0.2, 0) is 5.75 Å². The van der Waals surface area contributed by atoms with Crippen molar-refractivity contribution in [1.82, 2.24) is 4.98 Å². The van der Waals surface area contributed by atoms with Crippen molar-refractivity contribution < 1.29 is 14.6 Å². The second-order valence-corrected chi connectivity index (χ2v) is 5.74. The SMILES string of the molecule is COc1ccc(CSc2ncccc2C(=O)O)cc1Br. The van der Waals surface area contributed by atoms with Gasteiger partial charge in [-0.2, -0.15) is 0 Å². The Morgan fingerprint density at radius 2 is 2.25 bits per heavy atom. The third kappa shape index (κ3) is 3.52. The predicted octanol–water partition coefficient (Wildman–Crippen LogP) is 3.84. The molecule has 1 N–H and O–H groups in total. The van der Waals surface area contributed by atoms with E-state index in [1.807, 2.05) is 18.2 Å². The van der Waals surface area contributed by atoms with Crippen LogP contribution in [0.2, 0.25) is 0 Å². The lowest BCUT2D eigenvalue weighted by atomic mass is 10.2. The fourth-order valence-electron chi connectivity index (χ4n) is 1.62. The molecule has 1 heterocycles. The van der Waals surface area contributed by atoms with E-state index in [0.29, 0.717) is 10.8 Å². The van der Waals surface area contributed by atoms with E-state index in [-0.39, 0.29) is 5.56 Å². The van der Waals surface area contributed by atoms with Crippen LogP contribution in [0, 0.1) is 0 Å². The van der Waals surface area contributed by atoms with Gasteiger partial charge in [-0.25, -0.2) is 9.78 Å². The van der Waals surface area contributed by atoms with Crippen LogP contribution in [0.25, 0.3) is 0 Å². The maximum absolute atomic E-state index is 11.1. The first kappa shape index (κ1) is 14.9. The van der Waals surface area contributed by atoms with E-state index < -0.39 is 5.97 Å². The number of rotatable bonds is 5. The summed E-state index contributed by atoms with van der Waals surface area (Å²) in [6.07, 6.45) is 1.60. The van der Waals surface area contributed by atoms with Crippen LogP contribution in [0.5, 0.6) is 5.75 Å². The number of pyridine rings is 1. The number of ether oxygens (including phenoxy) is 1. The Morgan fingerprint density at radius 1 is 1.45 bits per heavy atom. The molecule has 1 aromatic carbocycles. The highest BCUT2D eigenvalue weighted by atomic mass is 79.9. The number of thioether (sulfide) groups is 1. The van der Waals surface area contributed by atoms with Crippen LogP contribution in [0.15, 0.2) is 46.0 Å². The number of nitrogens with zero attached hydrogens (tertiary/aromatic N) is 1. The average Bonchev–Trinajstić information content (AvgIpc) is 2.45. The lowest BCUT2D eigenvalue weighted by Crippen LogP contribution is -2.00. The van der Waals surface area contributed by atoms with Crippen molar-refractivity contribution in [3.05, 3.63) is 52.1 Å². The summed E-state index contributed by atoms with van der Waals surface area (Å²) in [6, 6.07) is 8.95. The van der Waals surface area contributed by atoms with Gasteiger partial charge in [0.2, 0.25) is 0 Å². The van der Waals surface area contributed by atoms with Gasteiger partial charge in [-0.15, -0.1) is 11.8 Å². The fourth-order valence-corrected chi connectivity index (χ4v) is 3.14. The highest BCUT2D eigenvalue weighted by molar-refractivity contribution is 9.10. The lowest BCUT2D eigenvalue weighted by molar-refractivity contribution is 0.0692. The number of aromatic nitrogens is 1. The Labute approximate surface area is 129 Å². The largest absolute Gasteiger partial charge is 0.496 e. The Balaban J connectivity index is 2.13. The van der Waals surface area contributed by atoms with Gasteiger partial charge < -0.3 is 9.84 Å². The summed E-state index contributed by atoms with van der Waals surface area (Å²) in [6.45, 7) is 0. The van der Waals surface area contributed by atoms with Crippen molar-refractivity contribution in [1.29, 1.82) is 0 Å². The van der Waals surface area contributed by atoms with Gasteiger partial charge in [0.15, 0.2) is 0 Å². The van der Waals surface area contributed by atoms with Gasteiger partial charge in [0.25, 0.3) is 0 Å². The van der Waals surface area contributed by atoms with E-state index in [1.54, 1.807) is 25.4 Å².